The summed E-state index contributed by atoms with van der Waals surface area (Å²) in [7, 11) is 0. The third-order valence-electron chi connectivity index (χ3n) is 5.38. The van der Waals surface area contributed by atoms with Gasteiger partial charge in [-0.15, -0.1) is 10.2 Å². The van der Waals surface area contributed by atoms with Crippen molar-refractivity contribution in [3.8, 4) is 11.4 Å². The van der Waals surface area contributed by atoms with Crippen molar-refractivity contribution in [2.75, 3.05) is 38.6 Å². The number of rotatable bonds is 11. The highest BCUT2D eigenvalue weighted by molar-refractivity contribution is 7.99. The lowest BCUT2D eigenvalue weighted by molar-refractivity contribution is 0.0361. The summed E-state index contributed by atoms with van der Waals surface area (Å²) in [6.07, 6.45) is 7.21. The predicted octanol–water partition coefficient (Wildman–Crippen LogP) is 3.58. The van der Waals surface area contributed by atoms with Gasteiger partial charge in [-0.3, -0.25) is 9.58 Å². The van der Waals surface area contributed by atoms with Gasteiger partial charge in [0, 0.05) is 56.4 Å². The van der Waals surface area contributed by atoms with Gasteiger partial charge in [0.1, 0.15) is 5.82 Å². The van der Waals surface area contributed by atoms with Crippen LogP contribution in [0.15, 0.2) is 47.9 Å². The summed E-state index contributed by atoms with van der Waals surface area (Å²) in [5, 5.41) is 14.1. The van der Waals surface area contributed by atoms with Crippen molar-refractivity contribution in [3.05, 3.63) is 48.5 Å². The first kappa shape index (κ1) is 22.0. The van der Waals surface area contributed by atoms with E-state index in [0.717, 1.165) is 87.5 Å². The second-order valence-electron chi connectivity index (χ2n) is 7.60. The van der Waals surface area contributed by atoms with Crippen LogP contribution in [0.5, 0.6) is 0 Å². The number of unbranched alkanes of at least 4 members (excludes halogenated alkanes) is 2. The molecule has 0 unspecified atom stereocenters. The van der Waals surface area contributed by atoms with Crippen molar-refractivity contribution in [2.45, 2.75) is 37.5 Å². The second-order valence-corrected chi connectivity index (χ2v) is 8.66. The molecule has 0 radical (unpaired) electrons. The molecule has 2 aromatic heterocycles. The van der Waals surface area contributed by atoms with Gasteiger partial charge in [-0.25, -0.2) is 4.39 Å². The summed E-state index contributed by atoms with van der Waals surface area (Å²) in [6, 6.07) is 8.45. The number of thioether (sulfide) groups is 1. The van der Waals surface area contributed by atoms with Crippen LogP contribution in [-0.4, -0.2) is 68.0 Å². The fraction of sp³-hybridized carbons (Fsp3) is 0.500. The van der Waals surface area contributed by atoms with Gasteiger partial charge in [0.25, 0.3) is 0 Å². The van der Waals surface area contributed by atoms with Crippen LogP contribution < -0.4 is 0 Å². The molecule has 31 heavy (non-hydrogen) atoms. The van der Waals surface area contributed by atoms with Crippen LogP contribution in [0.1, 0.15) is 19.3 Å². The molecular weight excluding hydrogens is 415 g/mol. The highest BCUT2D eigenvalue weighted by atomic mass is 32.2. The first-order chi connectivity index (χ1) is 15.3. The smallest absolute Gasteiger partial charge is 0.191 e. The molecule has 3 heterocycles. The zero-order chi connectivity index (χ0) is 21.3. The molecule has 7 nitrogen and oxygen atoms in total. The van der Waals surface area contributed by atoms with Crippen LogP contribution in [0.2, 0.25) is 0 Å². The zero-order valence-corrected chi connectivity index (χ0v) is 18.5. The minimum Gasteiger partial charge on any atom is -0.379 e. The Kier molecular flexibility index (Phi) is 8.09. The SMILES string of the molecule is Fc1ccc(-c2nnc(SCCCCCn3cccn3)n2CCN2CCOCC2)cc1. The van der Waals surface area contributed by atoms with Crippen molar-refractivity contribution >= 4 is 11.8 Å². The van der Waals surface area contributed by atoms with E-state index in [1.807, 2.05) is 23.1 Å². The number of aryl methyl sites for hydroxylation is 1. The Morgan fingerprint density at radius 2 is 1.81 bits per heavy atom. The molecule has 0 bridgehead atoms. The molecule has 9 heteroatoms. The van der Waals surface area contributed by atoms with E-state index in [0.29, 0.717) is 0 Å². The molecule has 1 aromatic carbocycles. The molecule has 0 aliphatic carbocycles. The molecule has 0 N–H and O–H groups in total. The lowest BCUT2D eigenvalue weighted by Gasteiger charge is -2.27. The van der Waals surface area contributed by atoms with Gasteiger partial charge in [-0.2, -0.15) is 5.10 Å². The maximum Gasteiger partial charge on any atom is 0.191 e. The van der Waals surface area contributed by atoms with Crippen LogP contribution in [0.25, 0.3) is 11.4 Å². The van der Waals surface area contributed by atoms with Crippen molar-refractivity contribution < 1.29 is 9.13 Å². The Bertz CT molecular complexity index is 909. The van der Waals surface area contributed by atoms with E-state index in [1.165, 1.54) is 12.1 Å². The van der Waals surface area contributed by atoms with E-state index in [-0.39, 0.29) is 5.82 Å². The third-order valence-corrected chi connectivity index (χ3v) is 6.44. The molecule has 0 atom stereocenters. The Labute approximate surface area is 186 Å². The fourth-order valence-corrected chi connectivity index (χ4v) is 4.59. The summed E-state index contributed by atoms with van der Waals surface area (Å²) in [5.74, 6) is 1.56. The van der Waals surface area contributed by atoms with Crippen molar-refractivity contribution in [1.82, 2.24) is 29.4 Å². The molecular formula is C22H29FN6OS. The van der Waals surface area contributed by atoms with Gasteiger partial charge in [0.15, 0.2) is 11.0 Å². The average Bonchev–Trinajstić information content (AvgIpc) is 3.46. The van der Waals surface area contributed by atoms with Crippen LogP contribution in [0.4, 0.5) is 4.39 Å². The minimum atomic E-state index is -0.243. The summed E-state index contributed by atoms with van der Waals surface area (Å²) < 4.78 is 23.0. The van der Waals surface area contributed by atoms with Crippen LogP contribution in [-0.2, 0) is 17.8 Å². The highest BCUT2D eigenvalue weighted by Gasteiger charge is 2.17. The van der Waals surface area contributed by atoms with E-state index >= 15 is 0 Å². The summed E-state index contributed by atoms with van der Waals surface area (Å²) in [4.78, 5) is 2.40. The summed E-state index contributed by atoms with van der Waals surface area (Å²) in [5.41, 5.74) is 0.891. The van der Waals surface area contributed by atoms with E-state index in [4.69, 9.17) is 4.74 Å². The highest BCUT2D eigenvalue weighted by Crippen LogP contribution is 2.25. The number of morpholine rings is 1. The van der Waals surface area contributed by atoms with Gasteiger partial charge in [0.05, 0.1) is 13.2 Å². The molecule has 3 aromatic rings. The van der Waals surface area contributed by atoms with Gasteiger partial charge < -0.3 is 9.30 Å². The van der Waals surface area contributed by atoms with E-state index in [2.05, 4.69) is 24.8 Å². The molecule has 4 rings (SSSR count). The van der Waals surface area contributed by atoms with Crippen LogP contribution in [0, 0.1) is 5.82 Å². The number of hydrogen-bond acceptors (Lipinski definition) is 6. The molecule has 1 saturated heterocycles. The normalized spacial score (nSPS) is 14.9. The molecule has 0 saturated carbocycles. The number of ether oxygens (including phenoxy) is 1. The number of nitrogens with zero attached hydrogens (tertiary/aromatic N) is 6. The predicted molar refractivity (Wildman–Crippen MR) is 119 cm³/mol. The number of hydrogen-bond donors (Lipinski definition) is 0. The van der Waals surface area contributed by atoms with E-state index in [1.54, 1.807) is 23.9 Å². The summed E-state index contributed by atoms with van der Waals surface area (Å²) in [6.45, 7) is 6.16. The average molecular weight is 445 g/mol. The number of halogens is 1. The Morgan fingerprint density at radius 1 is 0.968 bits per heavy atom. The van der Waals surface area contributed by atoms with Crippen molar-refractivity contribution in [3.63, 3.8) is 0 Å². The Morgan fingerprint density at radius 3 is 2.58 bits per heavy atom. The van der Waals surface area contributed by atoms with Crippen molar-refractivity contribution in [1.29, 1.82) is 0 Å². The standard InChI is InChI=1S/C22H29FN6OS/c23-20-7-5-19(6-8-20)21-25-26-22(29(21)13-12-27-14-16-30-17-15-27)31-18-3-1-2-10-28-11-4-9-24-28/h4-9,11H,1-3,10,12-18H2. The second kappa shape index (κ2) is 11.4. The lowest BCUT2D eigenvalue weighted by Crippen LogP contribution is -2.38. The maximum absolute atomic E-state index is 13.4. The van der Waals surface area contributed by atoms with Crippen molar-refractivity contribution in [2.24, 2.45) is 0 Å². The quantitative estimate of drug-likeness (QED) is 0.333. The number of benzene rings is 1. The molecule has 1 fully saturated rings. The first-order valence-corrected chi connectivity index (χ1v) is 11.9. The molecule has 0 spiro atoms. The van der Waals surface area contributed by atoms with Gasteiger partial charge >= 0.3 is 0 Å². The molecule has 0 amide bonds. The van der Waals surface area contributed by atoms with Gasteiger partial charge in [0.2, 0.25) is 0 Å². The van der Waals surface area contributed by atoms with E-state index in [9.17, 15) is 4.39 Å². The van der Waals surface area contributed by atoms with Gasteiger partial charge in [-0.1, -0.05) is 18.2 Å². The molecule has 166 valence electrons. The lowest BCUT2D eigenvalue weighted by atomic mass is 10.2. The monoisotopic (exact) mass is 444 g/mol. The van der Waals surface area contributed by atoms with Crippen LogP contribution >= 0.6 is 11.8 Å². The van der Waals surface area contributed by atoms with E-state index < -0.39 is 0 Å². The maximum atomic E-state index is 13.4. The number of aromatic nitrogens is 5. The molecule has 1 aliphatic heterocycles. The Hall–Kier alpha value is -2.23. The van der Waals surface area contributed by atoms with Crippen LogP contribution in [0.3, 0.4) is 0 Å². The largest absolute Gasteiger partial charge is 0.379 e. The zero-order valence-electron chi connectivity index (χ0n) is 17.7. The molecule has 1 aliphatic rings. The Balaban J connectivity index is 1.35. The fourth-order valence-electron chi connectivity index (χ4n) is 3.62. The van der Waals surface area contributed by atoms with Gasteiger partial charge in [-0.05, 0) is 43.2 Å². The first-order valence-electron chi connectivity index (χ1n) is 10.9. The minimum absolute atomic E-state index is 0.243. The summed E-state index contributed by atoms with van der Waals surface area (Å²) >= 11 is 1.75. The third kappa shape index (κ3) is 6.38. The topological polar surface area (TPSA) is 61.0 Å².